The Kier molecular flexibility index (Phi) is 5.80. The van der Waals surface area contributed by atoms with Crippen LogP contribution in [0.3, 0.4) is 0 Å². The molecule has 0 saturated heterocycles. The van der Waals surface area contributed by atoms with E-state index in [1.54, 1.807) is 0 Å². The molecule has 0 radical (unpaired) electrons. The summed E-state index contributed by atoms with van der Waals surface area (Å²) in [5.74, 6) is 6.18. The van der Waals surface area contributed by atoms with Crippen LogP contribution in [0.4, 0.5) is 0 Å². The van der Waals surface area contributed by atoms with Crippen LogP contribution >= 0.6 is 0 Å². The molecule has 1 aromatic carbocycles. The maximum atomic E-state index is 3.59. The summed E-state index contributed by atoms with van der Waals surface area (Å²) in [7, 11) is 0. The molecule has 0 aliphatic carbocycles. The van der Waals surface area contributed by atoms with Crippen LogP contribution in [0.2, 0.25) is 0 Å². The van der Waals surface area contributed by atoms with Gasteiger partial charge in [-0.15, -0.1) is 11.8 Å². The second-order valence-corrected chi connectivity index (χ2v) is 4.43. The van der Waals surface area contributed by atoms with E-state index >= 15 is 0 Å². The van der Waals surface area contributed by atoms with Gasteiger partial charge in [-0.25, -0.2) is 0 Å². The summed E-state index contributed by atoms with van der Waals surface area (Å²) in [4.78, 5) is 0. The van der Waals surface area contributed by atoms with Crippen LogP contribution in [-0.2, 0) is 0 Å². The van der Waals surface area contributed by atoms with Gasteiger partial charge in [-0.05, 0) is 50.4 Å². The Morgan fingerprint density at radius 1 is 1.29 bits per heavy atom. The molecule has 0 aliphatic rings. The highest BCUT2D eigenvalue weighted by Gasteiger charge is 2.12. The van der Waals surface area contributed by atoms with Crippen molar-refractivity contribution in [3.8, 4) is 11.8 Å². The smallest absolute Gasteiger partial charge is 0.0433 e. The molecule has 0 aromatic heterocycles. The quantitative estimate of drug-likeness (QED) is 0.758. The van der Waals surface area contributed by atoms with Crippen molar-refractivity contribution in [3.05, 3.63) is 34.9 Å². The first-order chi connectivity index (χ1) is 8.20. The molecule has 17 heavy (non-hydrogen) atoms. The van der Waals surface area contributed by atoms with E-state index in [1.165, 1.54) is 16.7 Å². The lowest BCUT2D eigenvalue weighted by Gasteiger charge is -2.19. The molecule has 0 spiro atoms. The van der Waals surface area contributed by atoms with E-state index in [9.17, 15) is 0 Å². The van der Waals surface area contributed by atoms with Gasteiger partial charge < -0.3 is 5.32 Å². The van der Waals surface area contributed by atoms with Crippen LogP contribution in [0.1, 0.15) is 49.4 Å². The Morgan fingerprint density at radius 3 is 2.71 bits per heavy atom. The van der Waals surface area contributed by atoms with Crippen LogP contribution < -0.4 is 5.32 Å². The van der Waals surface area contributed by atoms with Gasteiger partial charge in [0.25, 0.3) is 0 Å². The summed E-state index contributed by atoms with van der Waals surface area (Å²) in [6, 6.07) is 6.88. The van der Waals surface area contributed by atoms with Crippen molar-refractivity contribution in [1.29, 1.82) is 0 Å². The van der Waals surface area contributed by atoms with Gasteiger partial charge in [0.2, 0.25) is 0 Å². The Hall–Kier alpha value is -1.26. The fourth-order valence-electron chi connectivity index (χ4n) is 1.97. The molecule has 92 valence electrons. The summed E-state index contributed by atoms with van der Waals surface area (Å²) >= 11 is 0. The molecule has 0 heterocycles. The number of aryl methyl sites for hydroxylation is 1. The normalized spacial score (nSPS) is 11.8. The highest BCUT2D eigenvalue weighted by atomic mass is 14.9. The molecule has 1 atom stereocenters. The lowest BCUT2D eigenvalue weighted by atomic mass is 9.95. The van der Waals surface area contributed by atoms with Crippen LogP contribution in [0.5, 0.6) is 0 Å². The minimum atomic E-state index is 0.363. The number of rotatable bonds is 5. The summed E-state index contributed by atoms with van der Waals surface area (Å²) in [6.07, 6.45) is 2.04. The van der Waals surface area contributed by atoms with E-state index in [-0.39, 0.29) is 0 Å². The number of nitrogens with one attached hydrogen (secondary N) is 1. The Bertz CT molecular complexity index is 409. The van der Waals surface area contributed by atoms with Crippen molar-refractivity contribution in [2.75, 3.05) is 6.54 Å². The molecule has 0 fully saturated rings. The predicted octanol–water partition coefficient (Wildman–Crippen LogP) is 3.76. The first-order valence-corrected chi connectivity index (χ1v) is 6.39. The van der Waals surface area contributed by atoms with Crippen LogP contribution in [0, 0.1) is 25.7 Å². The second-order valence-electron chi connectivity index (χ2n) is 4.43. The highest BCUT2D eigenvalue weighted by molar-refractivity contribution is 5.36. The topological polar surface area (TPSA) is 12.0 Å². The van der Waals surface area contributed by atoms with E-state index in [0.717, 1.165) is 19.4 Å². The highest BCUT2D eigenvalue weighted by Crippen LogP contribution is 2.22. The number of hydrogen-bond acceptors (Lipinski definition) is 1. The van der Waals surface area contributed by atoms with Crippen molar-refractivity contribution in [2.24, 2.45) is 0 Å². The lowest BCUT2D eigenvalue weighted by molar-refractivity contribution is 0.540. The molecular weight excluding hydrogens is 206 g/mol. The van der Waals surface area contributed by atoms with E-state index in [1.807, 2.05) is 6.92 Å². The molecule has 1 N–H and O–H groups in total. The fraction of sp³-hybridized carbons (Fsp3) is 0.500. The molecule has 1 unspecified atom stereocenters. The van der Waals surface area contributed by atoms with Gasteiger partial charge in [-0.3, -0.25) is 0 Å². The average Bonchev–Trinajstić information content (AvgIpc) is 2.34. The van der Waals surface area contributed by atoms with Crippen LogP contribution in [-0.4, -0.2) is 6.54 Å². The van der Waals surface area contributed by atoms with Gasteiger partial charge in [-0.1, -0.05) is 25.1 Å². The van der Waals surface area contributed by atoms with Crippen molar-refractivity contribution in [2.45, 2.75) is 46.6 Å². The van der Waals surface area contributed by atoms with Crippen LogP contribution in [0.25, 0.3) is 0 Å². The first-order valence-electron chi connectivity index (χ1n) is 6.39. The summed E-state index contributed by atoms with van der Waals surface area (Å²) < 4.78 is 0. The second kappa shape index (κ2) is 7.14. The number of benzene rings is 1. The van der Waals surface area contributed by atoms with Gasteiger partial charge in [0.1, 0.15) is 0 Å². The van der Waals surface area contributed by atoms with E-state index in [4.69, 9.17) is 0 Å². The molecule has 1 rings (SSSR count). The molecule has 1 nitrogen and oxygen atoms in total. The Balaban J connectivity index is 2.93. The van der Waals surface area contributed by atoms with E-state index in [2.05, 4.69) is 56.1 Å². The van der Waals surface area contributed by atoms with Gasteiger partial charge in [0.15, 0.2) is 0 Å². The largest absolute Gasteiger partial charge is 0.309 e. The average molecular weight is 229 g/mol. The van der Waals surface area contributed by atoms with Gasteiger partial charge in [-0.2, -0.15) is 0 Å². The SMILES string of the molecule is CC#CCC(NCCC)c1cccc(C)c1C. The molecule has 1 aromatic rings. The lowest BCUT2D eigenvalue weighted by Crippen LogP contribution is -2.22. The van der Waals surface area contributed by atoms with Crippen LogP contribution in [0.15, 0.2) is 18.2 Å². The zero-order chi connectivity index (χ0) is 12.7. The fourth-order valence-corrected chi connectivity index (χ4v) is 1.97. The van der Waals surface area contributed by atoms with Crippen molar-refractivity contribution >= 4 is 0 Å². The zero-order valence-corrected chi connectivity index (χ0v) is 11.4. The molecule has 1 heteroatoms. The maximum Gasteiger partial charge on any atom is 0.0433 e. The third-order valence-corrected chi connectivity index (χ3v) is 3.15. The number of hydrogen-bond donors (Lipinski definition) is 1. The molecular formula is C16H23N. The predicted molar refractivity (Wildman–Crippen MR) is 75.0 cm³/mol. The minimum absolute atomic E-state index is 0.363. The van der Waals surface area contributed by atoms with Crippen molar-refractivity contribution < 1.29 is 0 Å². The molecule has 0 amide bonds. The molecule has 0 aliphatic heterocycles. The third-order valence-electron chi connectivity index (χ3n) is 3.15. The summed E-state index contributed by atoms with van der Waals surface area (Å²) in [5, 5.41) is 3.59. The third kappa shape index (κ3) is 3.91. The summed E-state index contributed by atoms with van der Waals surface area (Å²) in [5.41, 5.74) is 4.13. The van der Waals surface area contributed by atoms with Crippen molar-refractivity contribution in [3.63, 3.8) is 0 Å². The van der Waals surface area contributed by atoms with Gasteiger partial charge >= 0.3 is 0 Å². The van der Waals surface area contributed by atoms with Gasteiger partial charge in [0, 0.05) is 12.5 Å². The van der Waals surface area contributed by atoms with E-state index in [0.29, 0.717) is 6.04 Å². The van der Waals surface area contributed by atoms with Gasteiger partial charge in [0.05, 0.1) is 0 Å². The van der Waals surface area contributed by atoms with Crippen molar-refractivity contribution in [1.82, 2.24) is 5.32 Å². The Labute approximate surface area is 106 Å². The standard InChI is InChI=1S/C16H23N/c1-5-7-11-16(17-12-6-2)15-10-8-9-13(3)14(15)4/h8-10,16-17H,6,11-12H2,1-4H3. The van der Waals surface area contributed by atoms with E-state index < -0.39 is 0 Å². The molecule has 0 bridgehead atoms. The Morgan fingerprint density at radius 2 is 2.06 bits per heavy atom. The monoisotopic (exact) mass is 229 g/mol. The minimum Gasteiger partial charge on any atom is -0.309 e. The molecule has 0 saturated carbocycles. The maximum absolute atomic E-state index is 3.59. The summed E-state index contributed by atoms with van der Waals surface area (Å²) in [6.45, 7) is 9.51. The first kappa shape index (κ1) is 13.8. The zero-order valence-electron chi connectivity index (χ0n) is 11.4.